The molecule has 1 aliphatic rings. The number of imidazole rings is 1. The molecule has 4 rings (SSSR count). The fourth-order valence-corrected chi connectivity index (χ4v) is 4.12. The van der Waals surface area contributed by atoms with E-state index in [1.807, 2.05) is 14.1 Å². The van der Waals surface area contributed by atoms with Crippen LogP contribution in [-0.4, -0.2) is 87.2 Å². The number of amides is 1. The number of nitrogens with one attached hydrogen (secondary N) is 1. The first-order valence-corrected chi connectivity index (χ1v) is 11.3. The van der Waals surface area contributed by atoms with Crippen molar-refractivity contribution in [1.82, 2.24) is 24.8 Å². The van der Waals surface area contributed by atoms with Crippen molar-refractivity contribution in [2.45, 2.75) is 36.9 Å². The molecule has 0 spiro atoms. The van der Waals surface area contributed by atoms with Crippen LogP contribution in [-0.2, 0) is 16.0 Å². The van der Waals surface area contributed by atoms with Crippen molar-refractivity contribution in [2.75, 3.05) is 32.2 Å². The lowest BCUT2D eigenvalue weighted by Gasteiger charge is -2.23. The molecule has 3 heterocycles. The van der Waals surface area contributed by atoms with Crippen LogP contribution in [0.3, 0.4) is 0 Å². The lowest BCUT2D eigenvalue weighted by molar-refractivity contribution is -0.124. The third-order valence-corrected chi connectivity index (χ3v) is 5.94. The van der Waals surface area contributed by atoms with E-state index >= 15 is 0 Å². The molecule has 0 radical (unpaired) electrons. The van der Waals surface area contributed by atoms with Crippen molar-refractivity contribution in [3.05, 3.63) is 42.5 Å². The Labute approximate surface area is 208 Å². The normalized spacial score (nSPS) is 22.2. The largest absolute Gasteiger partial charge is 0.481 e. The van der Waals surface area contributed by atoms with Crippen LogP contribution in [0.2, 0.25) is 0 Å². The van der Waals surface area contributed by atoms with E-state index in [4.69, 9.17) is 21.6 Å². The van der Waals surface area contributed by atoms with Crippen LogP contribution >= 0.6 is 0 Å². The Balaban J connectivity index is 1.45. The Morgan fingerprint density at radius 2 is 2.08 bits per heavy atom. The highest BCUT2D eigenvalue weighted by molar-refractivity contribution is 5.83. The van der Waals surface area contributed by atoms with Crippen LogP contribution < -0.4 is 20.7 Å². The van der Waals surface area contributed by atoms with Gasteiger partial charge in [-0.25, -0.2) is 15.0 Å². The number of nitrogens with zero attached hydrogens (tertiary/aromatic N) is 5. The highest BCUT2D eigenvalue weighted by atomic mass is 16.5. The highest BCUT2D eigenvalue weighted by Crippen LogP contribution is 2.32. The first kappa shape index (κ1) is 25.3. The van der Waals surface area contributed by atoms with Crippen molar-refractivity contribution in [3.8, 4) is 18.1 Å². The fourth-order valence-electron chi connectivity index (χ4n) is 4.12. The van der Waals surface area contributed by atoms with E-state index in [0.29, 0.717) is 22.7 Å². The first-order valence-electron chi connectivity index (χ1n) is 11.3. The molecule has 0 bridgehead atoms. The summed E-state index contributed by atoms with van der Waals surface area (Å²) in [4.78, 5) is 27.5. The summed E-state index contributed by atoms with van der Waals surface area (Å²) in [5.41, 5.74) is 7.94. The lowest BCUT2D eigenvalue weighted by atomic mass is 10.0. The minimum Gasteiger partial charge on any atom is -0.481 e. The molecule has 36 heavy (non-hydrogen) atoms. The van der Waals surface area contributed by atoms with E-state index in [9.17, 15) is 15.0 Å². The molecule has 1 amide bonds. The quantitative estimate of drug-likeness (QED) is 0.277. The number of aliphatic hydroxyl groups excluding tert-OH is 2. The number of benzene rings is 1. The van der Waals surface area contributed by atoms with E-state index in [1.54, 1.807) is 33.7 Å². The van der Waals surface area contributed by atoms with Gasteiger partial charge in [-0.1, -0.05) is 18.1 Å². The Morgan fingerprint density at radius 3 is 2.75 bits per heavy atom. The maximum atomic E-state index is 12.9. The number of terminal acetylenes is 1. The summed E-state index contributed by atoms with van der Waals surface area (Å²) in [7, 11) is 3.67. The van der Waals surface area contributed by atoms with Crippen LogP contribution in [0.15, 0.2) is 36.9 Å². The van der Waals surface area contributed by atoms with E-state index < -0.39 is 43.0 Å². The minimum atomic E-state index is -1.19. The van der Waals surface area contributed by atoms with Crippen LogP contribution in [0.25, 0.3) is 11.2 Å². The predicted molar refractivity (Wildman–Crippen MR) is 131 cm³/mol. The molecule has 0 saturated carbocycles. The zero-order chi connectivity index (χ0) is 25.8. The number of nitrogens with two attached hydrogens (primary N) is 1. The van der Waals surface area contributed by atoms with Gasteiger partial charge in [0.15, 0.2) is 23.2 Å². The summed E-state index contributed by atoms with van der Waals surface area (Å²) in [5.74, 6) is 3.14. The topological polar surface area (TPSA) is 161 Å². The number of rotatable bonds is 9. The van der Waals surface area contributed by atoms with Gasteiger partial charge < -0.3 is 35.6 Å². The van der Waals surface area contributed by atoms with Crippen molar-refractivity contribution in [1.29, 1.82) is 0 Å². The number of carbonyl (C=O) groups is 1. The molecule has 5 unspecified atom stereocenters. The zero-order valence-corrected chi connectivity index (χ0v) is 20.0. The maximum absolute atomic E-state index is 12.9. The smallest absolute Gasteiger partial charge is 0.237 e. The summed E-state index contributed by atoms with van der Waals surface area (Å²) in [6, 6.07) is 5.31. The lowest BCUT2D eigenvalue weighted by Crippen LogP contribution is -2.53. The van der Waals surface area contributed by atoms with Crippen LogP contribution in [0.1, 0.15) is 11.8 Å². The second-order valence-corrected chi connectivity index (χ2v) is 8.64. The van der Waals surface area contributed by atoms with Crippen LogP contribution in [0.4, 0.5) is 5.82 Å². The number of hydrogen-bond donors (Lipinski definition) is 4. The van der Waals surface area contributed by atoms with Gasteiger partial charge >= 0.3 is 0 Å². The molecule has 5 atom stereocenters. The average Bonchev–Trinajstić information content (AvgIpc) is 3.44. The summed E-state index contributed by atoms with van der Waals surface area (Å²) >= 11 is 0. The number of aromatic nitrogens is 4. The molecule has 12 heteroatoms. The summed E-state index contributed by atoms with van der Waals surface area (Å²) in [6.45, 7) is -0.254. The van der Waals surface area contributed by atoms with Gasteiger partial charge in [0.2, 0.25) is 5.91 Å². The SMILES string of the molecule is C#CCOc1ccc(CC(N)C(=O)NC2C(CO)OC(n3cnc4c(N(C)C)ncnc43)C2O)cc1. The molecule has 12 nitrogen and oxygen atoms in total. The van der Waals surface area contributed by atoms with Crippen molar-refractivity contribution in [3.63, 3.8) is 0 Å². The minimum absolute atomic E-state index is 0.165. The number of ether oxygens (including phenoxy) is 2. The second-order valence-electron chi connectivity index (χ2n) is 8.64. The Morgan fingerprint density at radius 1 is 1.33 bits per heavy atom. The monoisotopic (exact) mass is 495 g/mol. The Bertz CT molecular complexity index is 1240. The highest BCUT2D eigenvalue weighted by Gasteiger charge is 2.46. The Kier molecular flexibility index (Phi) is 7.66. The molecule has 1 aliphatic heterocycles. The van der Waals surface area contributed by atoms with Crippen molar-refractivity contribution >= 4 is 22.9 Å². The van der Waals surface area contributed by atoms with Gasteiger partial charge in [-0.2, -0.15) is 0 Å². The number of hydrogen-bond acceptors (Lipinski definition) is 10. The van der Waals surface area contributed by atoms with Gasteiger partial charge in [0, 0.05) is 14.1 Å². The van der Waals surface area contributed by atoms with Gasteiger partial charge in [-0.15, -0.1) is 6.42 Å². The fraction of sp³-hybridized carbons (Fsp3) is 0.417. The van der Waals surface area contributed by atoms with Gasteiger partial charge in [-0.05, 0) is 24.1 Å². The molecule has 0 aliphatic carbocycles. The Hall–Kier alpha value is -3.76. The molecule has 1 fully saturated rings. The van der Waals surface area contributed by atoms with E-state index in [-0.39, 0.29) is 13.0 Å². The van der Waals surface area contributed by atoms with Crippen LogP contribution in [0.5, 0.6) is 5.75 Å². The third-order valence-electron chi connectivity index (χ3n) is 5.94. The first-order chi connectivity index (χ1) is 17.3. The molecule has 2 aromatic heterocycles. The third kappa shape index (κ3) is 5.09. The molecular formula is C24H29N7O5. The van der Waals surface area contributed by atoms with E-state index in [0.717, 1.165) is 5.56 Å². The van der Waals surface area contributed by atoms with Crippen molar-refractivity contribution < 1.29 is 24.5 Å². The van der Waals surface area contributed by atoms with Crippen LogP contribution in [0, 0.1) is 12.3 Å². The summed E-state index contributed by atoms with van der Waals surface area (Å²) < 4.78 is 12.8. The number of aliphatic hydroxyl groups is 2. The van der Waals surface area contributed by atoms with Gasteiger partial charge in [0.25, 0.3) is 0 Å². The summed E-state index contributed by atoms with van der Waals surface area (Å²) in [6.07, 6.45) is 5.34. The molecule has 5 N–H and O–H groups in total. The van der Waals surface area contributed by atoms with E-state index in [2.05, 4.69) is 26.2 Å². The standard InChI is InChI=1S/C24H29N7O5/c1-4-9-35-15-7-5-14(6-8-15)10-16(25)23(34)29-18-17(11-32)36-24(20(18)33)31-13-28-19-21(30(2)3)26-12-27-22(19)31/h1,5-8,12-13,16-18,20,24,32-33H,9-11,25H2,2-3H3,(H,29,34). The number of fused-ring (bicyclic) bond motifs is 1. The van der Waals surface area contributed by atoms with Gasteiger partial charge in [0.1, 0.15) is 30.9 Å². The number of anilines is 1. The molecular weight excluding hydrogens is 466 g/mol. The average molecular weight is 496 g/mol. The predicted octanol–water partition coefficient (Wildman–Crippen LogP) is -0.790. The molecule has 190 valence electrons. The van der Waals surface area contributed by atoms with E-state index in [1.165, 1.54) is 12.7 Å². The molecule has 1 saturated heterocycles. The van der Waals surface area contributed by atoms with Crippen molar-refractivity contribution in [2.24, 2.45) is 5.73 Å². The van der Waals surface area contributed by atoms with Gasteiger partial charge in [-0.3, -0.25) is 9.36 Å². The second kappa shape index (κ2) is 10.9. The van der Waals surface area contributed by atoms with Gasteiger partial charge in [0.05, 0.1) is 25.0 Å². The maximum Gasteiger partial charge on any atom is 0.237 e. The summed E-state index contributed by atoms with van der Waals surface area (Å²) in [5, 5.41) is 23.7. The molecule has 3 aromatic rings. The zero-order valence-electron chi connectivity index (χ0n) is 20.0. The molecule has 1 aromatic carbocycles. The number of carbonyl (C=O) groups excluding carboxylic acids is 1.